The van der Waals surface area contributed by atoms with Gasteiger partial charge in [0, 0.05) is 12.7 Å². The Morgan fingerprint density at radius 2 is 2.05 bits per heavy atom. The monoisotopic (exact) mass is 279 g/mol. The van der Waals surface area contributed by atoms with Gasteiger partial charge in [-0.15, -0.1) is 0 Å². The highest BCUT2D eigenvalue weighted by Crippen LogP contribution is 2.30. The third-order valence-electron chi connectivity index (χ3n) is 3.84. The van der Waals surface area contributed by atoms with E-state index in [1.807, 2.05) is 6.92 Å². The zero-order chi connectivity index (χ0) is 14.4. The van der Waals surface area contributed by atoms with E-state index >= 15 is 0 Å². The zero-order valence-corrected chi connectivity index (χ0v) is 12.5. The van der Waals surface area contributed by atoms with Crippen LogP contribution in [0.2, 0.25) is 0 Å². The Bertz CT molecular complexity index is 426. The van der Waals surface area contributed by atoms with Gasteiger partial charge < -0.3 is 15.2 Å². The molecule has 0 saturated heterocycles. The summed E-state index contributed by atoms with van der Waals surface area (Å²) in [7, 11) is 0. The molecule has 1 aromatic heterocycles. The first kappa shape index (κ1) is 15.0. The molecule has 0 aromatic carbocycles. The van der Waals surface area contributed by atoms with Crippen LogP contribution in [0.25, 0.3) is 0 Å². The van der Waals surface area contributed by atoms with Crippen molar-refractivity contribution in [3.05, 3.63) is 11.9 Å². The van der Waals surface area contributed by atoms with Gasteiger partial charge in [-0.1, -0.05) is 13.3 Å². The SMILES string of the molecule is CCOCc1nc(N)cc(OC2CCCCC2CC)n1. The molecule has 2 atom stereocenters. The summed E-state index contributed by atoms with van der Waals surface area (Å²) in [4.78, 5) is 8.56. The summed E-state index contributed by atoms with van der Waals surface area (Å²) in [5, 5.41) is 0. The van der Waals surface area contributed by atoms with Gasteiger partial charge in [-0.25, -0.2) is 4.98 Å². The summed E-state index contributed by atoms with van der Waals surface area (Å²) in [6.45, 7) is 5.17. The van der Waals surface area contributed by atoms with E-state index in [0.717, 1.165) is 12.8 Å². The van der Waals surface area contributed by atoms with Crippen LogP contribution in [-0.2, 0) is 11.3 Å². The third kappa shape index (κ3) is 4.07. The van der Waals surface area contributed by atoms with E-state index in [9.17, 15) is 0 Å². The van der Waals surface area contributed by atoms with E-state index in [-0.39, 0.29) is 6.10 Å². The van der Waals surface area contributed by atoms with Crippen LogP contribution in [-0.4, -0.2) is 22.7 Å². The van der Waals surface area contributed by atoms with Crippen LogP contribution < -0.4 is 10.5 Å². The fourth-order valence-electron chi connectivity index (χ4n) is 2.76. The second-order valence-electron chi connectivity index (χ2n) is 5.29. The summed E-state index contributed by atoms with van der Waals surface area (Å²) >= 11 is 0. The van der Waals surface area contributed by atoms with Gasteiger partial charge in [0.1, 0.15) is 18.5 Å². The second-order valence-corrected chi connectivity index (χ2v) is 5.29. The van der Waals surface area contributed by atoms with E-state index < -0.39 is 0 Å². The standard InChI is InChI=1S/C15H25N3O2/c1-3-11-7-5-6-8-12(11)20-15-9-13(16)17-14(18-15)10-19-4-2/h9,11-12H,3-8,10H2,1-2H3,(H2,16,17,18). The molecule has 5 nitrogen and oxygen atoms in total. The van der Waals surface area contributed by atoms with Crippen molar-refractivity contribution in [1.82, 2.24) is 9.97 Å². The number of hydrogen-bond acceptors (Lipinski definition) is 5. The van der Waals surface area contributed by atoms with Crippen LogP contribution in [0.5, 0.6) is 5.88 Å². The molecule has 2 N–H and O–H groups in total. The molecule has 1 aliphatic rings. The minimum Gasteiger partial charge on any atom is -0.474 e. The normalized spacial score (nSPS) is 22.7. The number of aromatic nitrogens is 2. The van der Waals surface area contributed by atoms with Crippen LogP contribution in [0, 0.1) is 5.92 Å². The largest absolute Gasteiger partial charge is 0.474 e. The summed E-state index contributed by atoms with van der Waals surface area (Å²) in [5.74, 6) is 2.23. The fraction of sp³-hybridized carbons (Fsp3) is 0.733. The average Bonchev–Trinajstić information content (AvgIpc) is 2.45. The van der Waals surface area contributed by atoms with E-state index in [0.29, 0.717) is 36.7 Å². The third-order valence-corrected chi connectivity index (χ3v) is 3.84. The molecule has 0 amide bonds. The molecule has 0 spiro atoms. The summed E-state index contributed by atoms with van der Waals surface area (Å²) in [6.07, 6.45) is 6.28. The number of nitrogens with two attached hydrogens (primary N) is 1. The van der Waals surface area contributed by atoms with Crippen molar-refractivity contribution >= 4 is 5.82 Å². The van der Waals surface area contributed by atoms with Crippen molar-refractivity contribution in [2.75, 3.05) is 12.3 Å². The molecule has 0 aliphatic heterocycles. The molecule has 20 heavy (non-hydrogen) atoms. The fourth-order valence-corrected chi connectivity index (χ4v) is 2.76. The highest BCUT2D eigenvalue weighted by molar-refractivity contribution is 5.32. The minimum absolute atomic E-state index is 0.253. The van der Waals surface area contributed by atoms with E-state index in [1.54, 1.807) is 6.07 Å². The van der Waals surface area contributed by atoms with Crippen molar-refractivity contribution in [1.29, 1.82) is 0 Å². The van der Waals surface area contributed by atoms with Gasteiger partial charge >= 0.3 is 0 Å². The zero-order valence-electron chi connectivity index (χ0n) is 12.5. The lowest BCUT2D eigenvalue weighted by molar-refractivity contribution is 0.0837. The molecule has 5 heteroatoms. The molecule has 2 unspecified atom stereocenters. The van der Waals surface area contributed by atoms with Gasteiger partial charge in [0.25, 0.3) is 0 Å². The number of nitrogens with zero attached hydrogens (tertiary/aromatic N) is 2. The Balaban J connectivity index is 2.05. The Hall–Kier alpha value is -1.36. The predicted octanol–water partition coefficient (Wildman–Crippen LogP) is 2.94. The highest BCUT2D eigenvalue weighted by Gasteiger charge is 2.25. The van der Waals surface area contributed by atoms with Gasteiger partial charge in [0.05, 0.1) is 0 Å². The van der Waals surface area contributed by atoms with Crippen LogP contribution in [0.15, 0.2) is 6.07 Å². The number of ether oxygens (including phenoxy) is 2. The number of rotatable bonds is 6. The Labute approximate surface area is 120 Å². The lowest BCUT2D eigenvalue weighted by Crippen LogP contribution is -2.30. The molecule has 2 rings (SSSR count). The minimum atomic E-state index is 0.253. The molecule has 1 heterocycles. The van der Waals surface area contributed by atoms with Gasteiger partial charge in [0.2, 0.25) is 5.88 Å². The van der Waals surface area contributed by atoms with E-state index in [2.05, 4.69) is 16.9 Å². The Morgan fingerprint density at radius 1 is 1.25 bits per heavy atom. The maximum Gasteiger partial charge on any atom is 0.219 e. The van der Waals surface area contributed by atoms with E-state index in [1.165, 1.54) is 19.3 Å². The van der Waals surface area contributed by atoms with Gasteiger partial charge in [-0.3, -0.25) is 0 Å². The maximum absolute atomic E-state index is 6.07. The van der Waals surface area contributed by atoms with Gasteiger partial charge in [0.15, 0.2) is 5.82 Å². The first-order chi connectivity index (χ1) is 9.72. The molecule has 0 bridgehead atoms. The summed E-state index contributed by atoms with van der Waals surface area (Å²) in [6, 6.07) is 1.71. The van der Waals surface area contributed by atoms with Crippen molar-refractivity contribution in [3.63, 3.8) is 0 Å². The van der Waals surface area contributed by atoms with Crippen LogP contribution >= 0.6 is 0 Å². The molecule has 0 radical (unpaired) electrons. The Morgan fingerprint density at radius 3 is 2.80 bits per heavy atom. The molecule has 1 saturated carbocycles. The number of nitrogen functional groups attached to an aromatic ring is 1. The van der Waals surface area contributed by atoms with Crippen molar-refractivity contribution in [2.45, 2.75) is 58.7 Å². The molecule has 1 aromatic rings. The van der Waals surface area contributed by atoms with Gasteiger partial charge in [-0.2, -0.15) is 4.98 Å². The van der Waals surface area contributed by atoms with Crippen LogP contribution in [0.3, 0.4) is 0 Å². The predicted molar refractivity (Wildman–Crippen MR) is 78.4 cm³/mol. The first-order valence-corrected chi connectivity index (χ1v) is 7.60. The lowest BCUT2D eigenvalue weighted by atomic mass is 9.85. The first-order valence-electron chi connectivity index (χ1n) is 7.60. The maximum atomic E-state index is 6.07. The number of hydrogen-bond donors (Lipinski definition) is 1. The van der Waals surface area contributed by atoms with Crippen molar-refractivity contribution in [2.24, 2.45) is 5.92 Å². The molecular weight excluding hydrogens is 254 g/mol. The lowest BCUT2D eigenvalue weighted by Gasteiger charge is -2.30. The topological polar surface area (TPSA) is 70.3 Å². The Kier molecular flexibility index (Phi) is 5.59. The van der Waals surface area contributed by atoms with Crippen LogP contribution in [0.4, 0.5) is 5.82 Å². The molecule has 1 aliphatic carbocycles. The highest BCUT2D eigenvalue weighted by atomic mass is 16.5. The van der Waals surface area contributed by atoms with Gasteiger partial charge in [-0.05, 0) is 38.5 Å². The second kappa shape index (κ2) is 7.43. The molecule has 1 fully saturated rings. The molecular formula is C15H25N3O2. The molecule has 112 valence electrons. The van der Waals surface area contributed by atoms with E-state index in [4.69, 9.17) is 15.2 Å². The van der Waals surface area contributed by atoms with Crippen molar-refractivity contribution in [3.8, 4) is 5.88 Å². The smallest absolute Gasteiger partial charge is 0.219 e. The van der Waals surface area contributed by atoms with Crippen LogP contribution in [0.1, 0.15) is 51.8 Å². The summed E-state index contributed by atoms with van der Waals surface area (Å²) < 4.78 is 11.4. The number of anilines is 1. The summed E-state index contributed by atoms with van der Waals surface area (Å²) in [5.41, 5.74) is 5.82. The van der Waals surface area contributed by atoms with Crippen molar-refractivity contribution < 1.29 is 9.47 Å². The average molecular weight is 279 g/mol. The quantitative estimate of drug-likeness (QED) is 0.867.